The van der Waals surface area contributed by atoms with Crippen molar-refractivity contribution in [1.29, 1.82) is 0 Å². The van der Waals surface area contributed by atoms with E-state index < -0.39 is 5.41 Å². The zero-order valence-corrected chi connectivity index (χ0v) is 23.8. The number of hydrogen-bond acceptors (Lipinski definition) is 4. The second-order valence-electron chi connectivity index (χ2n) is 11.2. The summed E-state index contributed by atoms with van der Waals surface area (Å²) in [5.74, 6) is 0.695. The van der Waals surface area contributed by atoms with E-state index in [0.717, 1.165) is 50.8 Å². The van der Waals surface area contributed by atoms with Crippen molar-refractivity contribution in [2.45, 2.75) is 5.41 Å². The van der Waals surface area contributed by atoms with Crippen molar-refractivity contribution in [1.82, 2.24) is 15.0 Å². The molecule has 0 saturated carbocycles. The van der Waals surface area contributed by atoms with Gasteiger partial charge in [-0.25, -0.2) is 9.97 Å². The molecule has 0 unspecified atom stereocenters. The Balaban J connectivity index is 1.46. The predicted octanol–water partition coefficient (Wildman–Crippen LogP) is 9.35. The fourth-order valence-corrected chi connectivity index (χ4v) is 7.23. The SMILES string of the molecule is c1ccc(-c2nc(-c3ccccn3)c3c(n2)-c2ccccc2C32c3ccccc3N(c3ccccc3)c3ccccc32)cc1. The first-order valence-corrected chi connectivity index (χ1v) is 14.9. The van der Waals surface area contributed by atoms with Crippen LogP contribution >= 0.6 is 0 Å². The molecule has 206 valence electrons. The molecule has 4 heteroatoms. The van der Waals surface area contributed by atoms with Crippen molar-refractivity contribution in [3.63, 3.8) is 0 Å². The first kappa shape index (κ1) is 24.7. The van der Waals surface area contributed by atoms with Gasteiger partial charge in [0, 0.05) is 28.6 Å². The molecule has 1 aliphatic carbocycles. The fourth-order valence-electron chi connectivity index (χ4n) is 7.23. The zero-order chi connectivity index (χ0) is 29.1. The van der Waals surface area contributed by atoms with Gasteiger partial charge in [-0.05, 0) is 53.1 Å². The van der Waals surface area contributed by atoms with Gasteiger partial charge in [0.25, 0.3) is 0 Å². The highest BCUT2D eigenvalue weighted by Gasteiger charge is 2.54. The molecule has 2 aliphatic rings. The van der Waals surface area contributed by atoms with E-state index in [9.17, 15) is 0 Å². The van der Waals surface area contributed by atoms with E-state index in [0.29, 0.717) is 5.82 Å². The zero-order valence-electron chi connectivity index (χ0n) is 23.8. The lowest BCUT2D eigenvalue weighted by atomic mass is 9.64. The van der Waals surface area contributed by atoms with Crippen LogP contribution in [-0.2, 0) is 5.41 Å². The number of hydrogen-bond donors (Lipinski definition) is 0. The Bertz CT molecular complexity index is 2130. The number of rotatable bonds is 3. The first-order chi connectivity index (χ1) is 21.9. The number of para-hydroxylation sites is 3. The van der Waals surface area contributed by atoms with Crippen LogP contribution in [0.1, 0.15) is 22.3 Å². The minimum absolute atomic E-state index is 0.660. The molecule has 44 heavy (non-hydrogen) atoms. The minimum atomic E-state index is -0.660. The first-order valence-electron chi connectivity index (χ1n) is 14.9. The molecule has 0 fully saturated rings. The van der Waals surface area contributed by atoms with Gasteiger partial charge in [0.05, 0.1) is 33.9 Å². The van der Waals surface area contributed by atoms with Gasteiger partial charge in [0.15, 0.2) is 5.82 Å². The van der Waals surface area contributed by atoms with Crippen LogP contribution < -0.4 is 4.90 Å². The molecule has 1 spiro atoms. The van der Waals surface area contributed by atoms with Crippen molar-refractivity contribution >= 4 is 17.1 Å². The van der Waals surface area contributed by atoms with Gasteiger partial charge in [-0.2, -0.15) is 0 Å². The van der Waals surface area contributed by atoms with Crippen LogP contribution in [0.3, 0.4) is 0 Å². The lowest BCUT2D eigenvalue weighted by Crippen LogP contribution is -2.36. The number of nitrogens with zero attached hydrogens (tertiary/aromatic N) is 4. The highest BCUT2D eigenvalue weighted by Crippen LogP contribution is 2.64. The lowest BCUT2D eigenvalue weighted by Gasteiger charge is -2.45. The Morgan fingerprint density at radius 3 is 1.73 bits per heavy atom. The standard InChI is InChI=1S/C40H26N4/c1-3-15-27(16-4-1)39-42-37-29-19-7-8-20-30(29)40(36(37)38(43-39)33-23-13-14-26-41-33)31-21-9-11-24-34(31)44(28-17-5-2-6-18-28)35-25-12-10-22-32(35)40/h1-26H. The Hall–Kier alpha value is -5.87. The van der Waals surface area contributed by atoms with Crippen LogP contribution in [-0.4, -0.2) is 15.0 Å². The number of aromatic nitrogens is 3. The van der Waals surface area contributed by atoms with Gasteiger partial charge in [0.2, 0.25) is 0 Å². The summed E-state index contributed by atoms with van der Waals surface area (Å²) < 4.78 is 0. The molecule has 2 aromatic heterocycles. The average molecular weight is 563 g/mol. The molecule has 0 radical (unpaired) electrons. The van der Waals surface area contributed by atoms with Gasteiger partial charge < -0.3 is 4.90 Å². The normalized spacial score (nSPS) is 13.6. The van der Waals surface area contributed by atoms with Gasteiger partial charge in [-0.3, -0.25) is 4.98 Å². The summed E-state index contributed by atoms with van der Waals surface area (Å²) in [6.45, 7) is 0. The van der Waals surface area contributed by atoms with Crippen LogP contribution in [0.2, 0.25) is 0 Å². The molecule has 3 heterocycles. The smallest absolute Gasteiger partial charge is 0.160 e. The number of benzene rings is 5. The maximum atomic E-state index is 5.37. The van der Waals surface area contributed by atoms with E-state index in [1.165, 1.54) is 16.7 Å². The van der Waals surface area contributed by atoms with Crippen LogP contribution in [0.4, 0.5) is 17.1 Å². The van der Waals surface area contributed by atoms with E-state index in [1.54, 1.807) is 0 Å². The topological polar surface area (TPSA) is 41.9 Å². The minimum Gasteiger partial charge on any atom is -0.310 e. The Labute approximate surface area is 256 Å². The predicted molar refractivity (Wildman–Crippen MR) is 176 cm³/mol. The average Bonchev–Trinajstić information content (AvgIpc) is 3.40. The molecule has 5 aromatic carbocycles. The summed E-state index contributed by atoms with van der Waals surface area (Å²) in [5, 5.41) is 0. The third kappa shape index (κ3) is 3.36. The van der Waals surface area contributed by atoms with Crippen LogP contribution in [0.5, 0.6) is 0 Å². The maximum Gasteiger partial charge on any atom is 0.160 e. The number of anilines is 3. The van der Waals surface area contributed by atoms with E-state index in [1.807, 2.05) is 36.5 Å². The third-order valence-corrected chi connectivity index (χ3v) is 8.92. The molecule has 0 atom stereocenters. The highest BCUT2D eigenvalue weighted by atomic mass is 15.2. The second kappa shape index (κ2) is 9.58. The van der Waals surface area contributed by atoms with Crippen molar-refractivity contribution in [3.05, 3.63) is 180 Å². The molecule has 0 bridgehead atoms. The van der Waals surface area contributed by atoms with Crippen molar-refractivity contribution < 1.29 is 0 Å². The summed E-state index contributed by atoms with van der Waals surface area (Å²) in [6, 6.07) is 53.2. The molecule has 4 nitrogen and oxygen atoms in total. The Morgan fingerprint density at radius 2 is 1.05 bits per heavy atom. The summed E-state index contributed by atoms with van der Waals surface area (Å²) in [6.07, 6.45) is 1.85. The van der Waals surface area contributed by atoms with Crippen molar-refractivity contribution in [3.8, 4) is 34.0 Å². The molecule has 7 aromatic rings. The van der Waals surface area contributed by atoms with Crippen LogP contribution in [0.15, 0.2) is 158 Å². The number of fused-ring (bicyclic) bond motifs is 9. The van der Waals surface area contributed by atoms with E-state index >= 15 is 0 Å². The van der Waals surface area contributed by atoms with E-state index in [2.05, 4.69) is 126 Å². The van der Waals surface area contributed by atoms with Gasteiger partial charge in [0.1, 0.15) is 0 Å². The fraction of sp³-hybridized carbons (Fsp3) is 0.0250. The lowest BCUT2D eigenvalue weighted by molar-refractivity contribution is 0.748. The van der Waals surface area contributed by atoms with Crippen LogP contribution in [0, 0.1) is 0 Å². The largest absolute Gasteiger partial charge is 0.310 e. The van der Waals surface area contributed by atoms with Crippen LogP contribution in [0.25, 0.3) is 34.0 Å². The van der Waals surface area contributed by atoms with Crippen molar-refractivity contribution in [2.75, 3.05) is 4.90 Å². The monoisotopic (exact) mass is 562 g/mol. The molecule has 1 aliphatic heterocycles. The summed E-state index contributed by atoms with van der Waals surface area (Å²) in [7, 11) is 0. The Morgan fingerprint density at radius 1 is 0.477 bits per heavy atom. The van der Waals surface area contributed by atoms with Crippen molar-refractivity contribution in [2.24, 2.45) is 0 Å². The number of pyridine rings is 1. The summed E-state index contributed by atoms with van der Waals surface area (Å²) in [4.78, 5) is 18.0. The summed E-state index contributed by atoms with van der Waals surface area (Å²) in [5.41, 5.74) is 12.1. The molecule has 0 N–H and O–H groups in total. The molecule has 0 saturated heterocycles. The van der Waals surface area contributed by atoms with Gasteiger partial charge >= 0.3 is 0 Å². The Kier molecular flexibility index (Phi) is 5.38. The third-order valence-electron chi connectivity index (χ3n) is 8.92. The molecular weight excluding hydrogens is 536 g/mol. The van der Waals surface area contributed by atoms with Gasteiger partial charge in [-0.15, -0.1) is 0 Å². The molecular formula is C40H26N4. The maximum absolute atomic E-state index is 5.37. The van der Waals surface area contributed by atoms with E-state index in [-0.39, 0.29) is 0 Å². The highest BCUT2D eigenvalue weighted by molar-refractivity contribution is 5.97. The quantitative estimate of drug-likeness (QED) is 0.215. The van der Waals surface area contributed by atoms with E-state index in [4.69, 9.17) is 15.0 Å². The second-order valence-corrected chi connectivity index (χ2v) is 11.2. The molecule has 9 rings (SSSR count). The summed E-state index contributed by atoms with van der Waals surface area (Å²) >= 11 is 0. The van der Waals surface area contributed by atoms with Gasteiger partial charge in [-0.1, -0.05) is 115 Å². The molecule has 0 amide bonds.